The van der Waals surface area contributed by atoms with E-state index in [0.29, 0.717) is 32.0 Å². The van der Waals surface area contributed by atoms with Crippen LogP contribution in [0.3, 0.4) is 0 Å². The molecule has 1 aromatic heterocycles. The highest BCUT2D eigenvalue weighted by Crippen LogP contribution is 2.34. The summed E-state index contributed by atoms with van der Waals surface area (Å²) in [5.41, 5.74) is 3.38. The Bertz CT molecular complexity index is 968. The van der Waals surface area contributed by atoms with Gasteiger partial charge in [-0.2, -0.15) is 0 Å². The first-order chi connectivity index (χ1) is 15.1. The van der Waals surface area contributed by atoms with Crippen LogP contribution < -0.4 is 10.6 Å². The summed E-state index contributed by atoms with van der Waals surface area (Å²) in [6.45, 7) is 8.24. The molecule has 0 saturated heterocycles. The lowest BCUT2D eigenvalue weighted by Gasteiger charge is -2.21. The monoisotopic (exact) mass is 475 g/mol. The molecular weight excluding hydrogens is 442 g/mol. The summed E-state index contributed by atoms with van der Waals surface area (Å²) < 4.78 is 4.94. The number of nitrogens with one attached hydrogen (secondary N) is 2. The molecule has 1 amide bonds. The van der Waals surface area contributed by atoms with Gasteiger partial charge in [-0.25, -0.2) is 4.79 Å². The third-order valence-corrected chi connectivity index (χ3v) is 7.01. The number of benzene rings is 1. The predicted octanol–water partition coefficient (Wildman–Crippen LogP) is 5.50. The van der Waals surface area contributed by atoms with Crippen molar-refractivity contribution in [3.8, 4) is 0 Å². The van der Waals surface area contributed by atoms with Crippen LogP contribution in [-0.2, 0) is 4.74 Å². The first kappa shape index (κ1) is 25.8. The number of esters is 1. The Hall–Kier alpha value is -2.45. The molecule has 2 atom stereocenters. The van der Waals surface area contributed by atoms with Crippen molar-refractivity contribution < 1.29 is 14.3 Å². The number of thiocarbonyl (C=S) groups is 1. The highest BCUT2D eigenvalue weighted by Gasteiger charge is 2.26. The lowest BCUT2D eigenvalue weighted by Crippen LogP contribution is -2.32. The molecule has 174 valence electrons. The standard InChI is InChI=1S/C24H33N3O3S2/c1-8-14(3)16-10-12-17(13-11-16)18(9-2)25-24(31)26-21-19(23(29)30-7)15(4)20(32-21)22(28)27(5)6/h10-14,18H,8-9H2,1-7H3,(H2,25,26,31). The van der Waals surface area contributed by atoms with Gasteiger partial charge in [-0.05, 0) is 54.6 Å². The molecule has 0 spiro atoms. The fourth-order valence-electron chi connectivity index (χ4n) is 3.37. The van der Waals surface area contributed by atoms with Crippen molar-refractivity contribution in [2.45, 2.75) is 52.5 Å². The van der Waals surface area contributed by atoms with E-state index in [0.717, 1.165) is 18.4 Å². The maximum atomic E-state index is 12.5. The zero-order chi connectivity index (χ0) is 24.0. The summed E-state index contributed by atoms with van der Waals surface area (Å²) in [5, 5.41) is 7.35. The van der Waals surface area contributed by atoms with Gasteiger partial charge in [0.25, 0.3) is 5.91 Å². The number of hydrogen-bond donors (Lipinski definition) is 2. The zero-order valence-corrected chi connectivity index (χ0v) is 21.5. The Labute approximate surface area is 200 Å². The average Bonchev–Trinajstić information content (AvgIpc) is 3.11. The molecule has 0 aliphatic rings. The highest BCUT2D eigenvalue weighted by molar-refractivity contribution is 7.80. The highest BCUT2D eigenvalue weighted by atomic mass is 32.1. The van der Waals surface area contributed by atoms with Crippen molar-refractivity contribution in [1.29, 1.82) is 0 Å². The van der Waals surface area contributed by atoms with Crippen molar-refractivity contribution in [3.63, 3.8) is 0 Å². The SMILES string of the molecule is CCC(C)c1ccc(C(CC)NC(=S)Nc2sc(C(=O)N(C)C)c(C)c2C(=O)OC)cc1. The fourth-order valence-corrected chi connectivity index (χ4v) is 4.90. The molecule has 0 saturated carbocycles. The summed E-state index contributed by atoms with van der Waals surface area (Å²) in [7, 11) is 4.68. The maximum Gasteiger partial charge on any atom is 0.341 e. The number of carbonyl (C=O) groups is 2. The Morgan fingerprint density at radius 2 is 1.72 bits per heavy atom. The Balaban J connectivity index is 2.24. The van der Waals surface area contributed by atoms with Gasteiger partial charge in [0.05, 0.1) is 23.6 Å². The number of rotatable bonds is 8. The number of anilines is 1. The minimum absolute atomic E-state index is 0.0199. The fraction of sp³-hybridized carbons (Fsp3) is 0.458. The molecule has 0 radical (unpaired) electrons. The molecular formula is C24H33N3O3S2. The molecule has 2 N–H and O–H groups in total. The van der Waals surface area contributed by atoms with Gasteiger partial charge in [0.2, 0.25) is 0 Å². The largest absolute Gasteiger partial charge is 0.465 e. The Kier molecular flexibility index (Phi) is 9.21. The van der Waals surface area contributed by atoms with Gasteiger partial charge in [0.1, 0.15) is 5.00 Å². The van der Waals surface area contributed by atoms with Crippen LogP contribution in [0.4, 0.5) is 5.00 Å². The van der Waals surface area contributed by atoms with Gasteiger partial charge < -0.3 is 20.3 Å². The van der Waals surface area contributed by atoms with E-state index in [2.05, 4.69) is 55.7 Å². The van der Waals surface area contributed by atoms with Gasteiger partial charge in [-0.3, -0.25) is 4.79 Å². The molecule has 2 unspecified atom stereocenters. The summed E-state index contributed by atoms with van der Waals surface area (Å²) in [6, 6.07) is 8.62. The molecule has 0 aliphatic heterocycles. The second kappa shape index (κ2) is 11.4. The molecule has 0 fully saturated rings. The van der Waals surface area contributed by atoms with Crippen LogP contribution in [0.1, 0.15) is 82.3 Å². The lowest BCUT2D eigenvalue weighted by molar-refractivity contribution is 0.0601. The number of hydrogen-bond acceptors (Lipinski definition) is 5. The molecule has 1 aromatic carbocycles. The number of methoxy groups -OCH3 is 1. The minimum atomic E-state index is -0.505. The van der Waals surface area contributed by atoms with Crippen molar-refractivity contribution >= 4 is 45.5 Å². The number of carbonyl (C=O) groups excluding carboxylic acids is 2. The van der Waals surface area contributed by atoms with Crippen LogP contribution in [0, 0.1) is 6.92 Å². The van der Waals surface area contributed by atoms with E-state index in [1.54, 1.807) is 21.0 Å². The van der Waals surface area contributed by atoms with Crippen molar-refractivity contribution in [1.82, 2.24) is 10.2 Å². The van der Waals surface area contributed by atoms with E-state index in [-0.39, 0.29) is 11.9 Å². The van der Waals surface area contributed by atoms with Crippen molar-refractivity contribution in [2.24, 2.45) is 0 Å². The topological polar surface area (TPSA) is 70.7 Å². The number of nitrogens with zero attached hydrogens (tertiary/aromatic N) is 1. The summed E-state index contributed by atoms with van der Waals surface area (Å²) >= 11 is 6.76. The van der Waals surface area contributed by atoms with E-state index < -0.39 is 5.97 Å². The summed E-state index contributed by atoms with van der Waals surface area (Å²) in [4.78, 5) is 26.9. The van der Waals surface area contributed by atoms with E-state index in [4.69, 9.17) is 17.0 Å². The van der Waals surface area contributed by atoms with Crippen LogP contribution in [0.5, 0.6) is 0 Å². The first-order valence-electron chi connectivity index (χ1n) is 10.7. The zero-order valence-electron chi connectivity index (χ0n) is 19.9. The number of ether oxygens (including phenoxy) is 1. The first-order valence-corrected chi connectivity index (χ1v) is 12.0. The molecule has 6 nitrogen and oxygen atoms in total. The van der Waals surface area contributed by atoms with E-state index in [9.17, 15) is 9.59 Å². The second-order valence-electron chi connectivity index (χ2n) is 7.99. The maximum absolute atomic E-state index is 12.5. The molecule has 0 bridgehead atoms. The van der Waals surface area contributed by atoms with Crippen LogP contribution >= 0.6 is 23.6 Å². The number of amides is 1. The predicted molar refractivity (Wildman–Crippen MR) is 136 cm³/mol. The smallest absolute Gasteiger partial charge is 0.341 e. The molecule has 8 heteroatoms. The average molecular weight is 476 g/mol. The van der Waals surface area contributed by atoms with Gasteiger partial charge >= 0.3 is 5.97 Å². The van der Waals surface area contributed by atoms with Crippen LogP contribution in [-0.4, -0.2) is 43.1 Å². The van der Waals surface area contributed by atoms with Gasteiger partial charge in [-0.15, -0.1) is 11.3 Å². The minimum Gasteiger partial charge on any atom is -0.465 e. The normalized spacial score (nSPS) is 12.6. The van der Waals surface area contributed by atoms with Gasteiger partial charge in [-0.1, -0.05) is 45.0 Å². The van der Waals surface area contributed by atoms with Gasteiger partial charge in [0, 0.05) is 14.1 Å². The van der Waals surface area contributed by atoms with E-state index in [1.165, 1.54) is 28.9 Å². The molecule has 0 aliphatic carbocycles. The summed E-state index contributed by atoms with van der Waals surface area (Å²) in [6.07, 6.45) is 1.94. The quantitative estimate of drug-likeness (QED) is 0.388. The summed E-state index contributed by atoms with van der Waals surface area (Å²) in [5.74, 6) is -0.148. The van der Waals surface area contributed by atoms with Crippen LogP contribution in [0.15, 0.2) is 24.3 Å². The molecule has 2 rings (SSSR count). The van der Waals surface area contributed by atoms with Crippen LogP contribution in [0.2, 0.25) is 0 Å². The third kappa shape index (κ3) is 5.86. The second-order valence-corrected chi connectivity index (χ2v) is 9.42. The Morgan fingerprint density at radius 3 is 2.22 bits per heavy atom. The molecule has 2 aromatic rings. The van der Waals surface area contributed by atoms with E-state index >= 15 is 0 Å². The lowest BCUT2D eigenvalue weighted by atomic mass is 9.95. The molecule has 32 heavy (non-hydrogen) atoms. The molecule has 1 heterocycles. The van der Waals surface area contributed by atoms with E-state index in [1.807, 2.05) is 0 Å². The Morgan fingerprint density at radius 1 is 1.12 bits per heavy atom. The van der Waals surface area contributed by atoms with Crippen LogP contribution in [0.25, 0.3) is 0 Å². The third-order valence-electron chi connectivity index (χ3n) is 5.60. The number of thiophene rings is 1. The van der Waals surface area contributed by atoms with Gasteiger partial charge in [0.15, 0.2) is 5.11 Å². The van der Waals surface area contributed by atoms with Crippen molar-refractivity contribution in [3.05, 3.63) is 51.4 Å². The van der Waals surface area contributed by atoms with Crippen molar-refractivity contribution in [2.75, 3.05) is 26.5 Å².